The lowest BCUT2D eigenvalue weighted by atomic mass is 10.1. The zero-order valence-electron chi connectivity index (χ0n) is 15.3. The van der Waals surface area contributed by atoms with Gasteiger partial charge >= 0.3 is 0 Å². The Bertz CT molecular complexity index is 874. The van der Waals surface area contributed by atoms with Crippen molar-refractivity contribution in [2.45, 2.75) is 33.8 Å². The highest BCUT2D eigenvalue weighted by Crippen LogP contribution is 2.19. The smallest absolute Gasteiger partial charge is 0.291 e. The number of amides is 1. The molecule has 0 atom stereocenters. The van der Waals surface area contributed by atoms with Gasteiger partial charge in [-0.2, -0.15) is 0 Å². The van der Waals surface area contributed by atoms with Crippen LogP contribution in [0.3, 0.4) is 0 Å². The van der Waals surface area contributed by atoms with Gasteiger partial charge in [0, 0.05) is 5.69 Å². The van der Waals surface area contributed by atoms with Crippen LogP contribution >= 0.6 is 0 Å². The number of carbonyl (C=O) groups excluding carboxylic acids is 1. The van der Waals surface area contributed by atoms with E-state index in [4.69, 9.17) is 9.15 Å². The first-order chi connectivity index (χ1) is 12.5. The average Bonchev–Trinajstić information content (AvgIpc) is 3.09. The predicted molar refractivity (Wildman–Crippen MR) is 103 cm³/mol. The second kappa shape index (κ2) is 7.91. The molecule has 1 aromatic heterocycles. The Morgan fingerprint density at radius 3 is 2.35 bits per heavy atom. The topological polar surface area (TPSA) is 51.5 Å². The van der Waals surface area contributed by atoms with E-state index in [1.165, 1.54) is 5.56 Å². The van der Waals surface area contributed by atoms with Gasteiger partial charge in [-0.15, -0.1) is 0 Å². The summed E-state index contributed by atoms with van der Waals surface area (Å²) in [4.78, 5) is 12.3. The molecule has 4 heteroatoms. The predicted octanol–water partition coefficient (Wildman–Crippen LogP) is 5.29. The minimum Gasteiger partial charge on any atom is -0.486 e. The van der Waals surface area contributed by atoms with Crippen LogP contribution in [0.4, 0.5) is 5.69 Å². The zero-order valence-corrected chi connectivity index (χ0v) is 15.3. The normalized spacial score (nSPS) is 10.6. The lowest BCUT2D eigenvalue weighted by Crippen LogP contribution is -2.10. The number of nitrogens with one attached hydrogen (secondary N) is 1. The molecule has 134 valence electrons. The van der Waals surface area contributed by atoms with Crippen molar-refractivity contribution >= 4 is 11.6 Å². The van der Waals surface area contributed by atoms with Gasteiger partial charge in [-0.25, -0.2) is 0 Å². The van der Waals surface area contributed by atoms with Crippen molar-refractivity contribution in [2.24, 2.45) is 0 Å². The van der Waals surface area contributed by atoms with E-state index in [1.54, 1.807) is 12.1 Å². The van der Waals surface area contributed by atoms with Gasteiger partial charge in [0.15, 0.2) is 5.76 Å². The Kier molecular flexibility index (Phi) is 5.42. The van der Waals surface area contributed by atoms with Crippen molar-refractivity contribution in [2.75, 3.05) is 5.32 Å². The molecule has 0 spiro atoms. The fourth-order valence-corrected chi connectivity index (χ4v) is 2.76. The molecule has 0 bridgehead atoms. The number of furan rings is 1. The zero-order chi connectivity index (χ0) is 18.5. The van der Waals surface area contributed by atoms with Gasteiger partial charge in [-0.3, -0.25) is 4.79 Å². The van der Waals surface area contributed by atoms with Crippen LogP contribution in [-0.2, 0) is 13.0 Å². The first-order valence-electron chi connectivity index (χ1n) is 8.73. The summed E-state index contributed by atoms with van der Waals surface area (Å²) in [6.45, 7) is 6.43. The molecule has 0 aliphatic heterocycles. The SMILES string of the molecule is CCc1ccc(NC(=O)c2ccc(COc3cc(C)cc(C)c3)o2)cc1. The third-order valence-corrected chi connectivity index (χ3v) is 4.08. The lowest BCUT2D eigenvalue weighted by molar-refractivity contribution is 0.0992. The summed E-state index contributed by atoms with van der Waals surface area (Å²) in [5, 5.41) is 2.84. The number of benzene rings is 2. The highest BCUT2D eigenvalue weighted by Gasteiger charge is 2.12. The second-order valence-corrected chi connectivity index (χ2v) is 6.38. The van der Waals surface area contributed by atoms with E-state index < -0.39 is 0 Å². The van der Waals surface area contributed by atoms with Crippen molar-refractivity contribution < 1.29 is 13.9 Å². The molecule has 2 aromatic carbocycles. The number of hydrogen-bond acceptors (Lipinski definition) is 3. The van der Waals surface area contributed by atoms with Crippen molar-refractivity contribution in [3.63, 3.8) is 0 Å². The number of carbonyl (C=O) groups is 1. The maximum atomic E-state index is 12.3. The molecule has 3 aromatic rings. The molecule has 0 saturated heterocycles. The van der Waals surface area contributed by atoms with Gasteiger partial charge < -0.3 is 14.5 Å². The van der Waals surface area contributed by atoms with Gasteiger partial charge in [0.2, 0.25) is 0 Å². The fourth-order valence-electron chi connectivity index (χ4n) is 2.76. The quantitative estimate of drug-likeness (QED) is 0.658. The summed E-state index contributed by atoms with van der Waals surface area (Å²) in [7, 11) is 0. The van der Waals surface area contributed by atoms with E-state index in [9.17, 15) is 4.79 Å². The van der Waals surface area contributed by atoms with E-state index in [0.717, 1.165) is 29.0 Å². The molecule has 4 nitrogen and oxygen atoms in total. The Morgan fingerprint density at radius 1 is 1.00 bits per heavy atom. The van der Waals surface area contributed by atoms with Crippen molar-refractivity contribution in [3.8, 4) is 5.75 Å². The summed E-state index contributed by atoms with van der Waals surface area (Å²) in [6.07, 6.45) is 0.968. The highest BCUT2D eigenvalue weighted by atomic mass is 16.5. The summed E-state index contributed by atoms with van der Waals surface area (Å²) in [6, 6.07) is 17.3. The van der Waals surface area contributed by atoms with Gasteiger partial charge in [-0.05, 0) is 73.4 Å². The molecule has 0 saturated carbocycles. The minimum atomic E-state index is -0.271. The summed E-state index contributed by atoms with van der Waals surface area (Å²) in [5.41, 5.74) is 4.27. The van der Waals surface area contributed by atoms with Gasteiger partial charge in [-0.1, -0.05) is 25.1 Å². The first-order valence-corrected chi connectivity index (χ1v) is 8.73. The summed E-state index contributed by atoms with van der Waals surface area (Å²) in [5.74, 6) is 1.40. The molecule has 0 unspecified atom stereocenters. The average molecular weight is 349 g/mol. The van der Waals surface area contributed by atoms with Crippen LogP contribution in [0.5, 0.6) is 5.75 Å². The Labute approximate surface area is 153 Å². The number of aryl methyl sites for hydroxylation is 3. The second-order valence-electron chi connectivity index (χ2n) is 6.38. The lowest BCUT2D eigenvalue weighted by Gasteiger charge is -2.07. The molecule has 1 heterocycles. The van der Waals surface area contributed by atoms with Gasteiger partial charge in [0.05, 0.1) is 0 Å². The molecule has 1 N–H and O–H groups in total. The highest BCUT2D eigenvalue weighted by molar-refractivity contribution is 6.02. The van der Waals surface area contributed by atoms with Crippen LogP contribution in [0.15, 0.2) is 59.0 Å². The number of hydrogen-bond donors (Lipinski definition) is 1. The standard InChI is InChI=1S/C22H23NO3/c1-4-17-5-7-18(8-6-17)23-22(24)21-10-9-19(26-21)14-25-20-12-15(2)11-16(3)13-20/h5-13H,4,14H2,1-3H3,(H,23,24). The van der Waals surface area contributed by atoms with Crippen LogP contribution in [-0.4, -0.2) is 5.91 Å². The molecule has 0 aliphatic carbocycles. The molecule has 1 amide bonds. The molecular weight excluding hydrogens is 326 g/mol. The first kappa shape index (κ1) is 17.8. The Morgan fingerprint density at radius 2 is 1.69 bits per heavy atom. The van der Waals surface area contributed by atoms with Crippen molar-refractivity contribution in [1.29, 1.82) is 0 Å². The van der Waals surface area contributed by atoms with Crippen LogP contribution in [0.2, 0.25) is 0 Å². The molecule has 0 aliphatic rings. The fraction of sp³-hybridized carbons (Fsp3) is 0.227. The maximum absolute atomic E-state index is 12.3. The molecule has 26 heavy (non-hydrogen) atoms. The third kappa shape index (κ3) is 4.54. The van der Waals surface area contributed by atoms with Crippen molar-refractivity contribution in [3.05, 3.63) is 82.8 Å². The van der Waals surface area contributed by atoms with Gasteiger partial charge in [0.1, 0.15) is 18.1 Å². The van der Waals surface area contributed by atoms with Crippen LogP contribution in [0, 0.1) is 13.8 Å². The third-order valence-electron chi connectivity index (χ3n) is 4.08. The molecule has 0 fully saturated rings. The summed E-state index contributed by atoms with van der Waals surface area (Å²) >= 11 is 0. The van der Waals surface area contributed by atoms with Crippen LogP contribution in [0.1, 0.15) is 39.9 Å². The largest absolute Gasteiger partial charge is 0.486 e. The monoisotopic (exact) mass is 349 g/mol. The van der Waals surface area contributed by atoms with E-state index in [2.05, 4.69) is 18.3 Å². The number of ether oxygens (including phenoxy) is 1. The Balaban J connectivity index is 1.60. The Hall–Kier alpha value is -3.01. The molecular formula is C22H23NO3. The van der Waals surface area contributed by atoms with E-state index in [1.807, 2.05) is 50.2 Å². The van der Waals surface area contributed by atoms with E-state index in [0.29, 0.717) is 5.76 Å². The van der Waals surface area contributed by atoms with Crippen molar-refractivity contribution in [1.82, 2.24) is 0 Å². The van der Waals surface area contributed by atoms with Crippen LogP contribution < -0.4 is 10.1 Å². The molecule has 3 rings (SSSR count). The maximum Gasteiger partial charge on any atom is 0.291 e. The van der Waals surface area contributed by atoms with Gasteiger partial charge in [0.25, 0.3) is 5.91 Å². The minimum absolute atomic E-state index is 0.267. The van der Waals surface area contributed by atoms with E-state index in [-0.39, 0.29) is 18.3 Å². The molecule has 0 radical (unpaired) electrons. The van der Waals surface area contributed by atoms with E-state index >= 15 is 0 Å². The number of anilines is 1. The summed E-state index contributed by atoms with van der Waals surface area (Å²) < 4.78 is 11.4. The van der Waals surface area contributed by atoms with Crippen LogP contribution in [0.25, 0.3) is 0 Å². The number of rotatable bonds is 6.